The zero-order valence-corrected chi connectivity index (χ0v) is 16.9. The molecule has 0 saturated carbocycles. The van der Waals surface area contributed by atoms with E-state index in [0.29, 0.717) is 26.2 Å². The molecule has 7 nitrogen and oxygen atoms in total. The first-order valence-corrected chi connectivity index (χ1v) is 10.1. The van der Waals surface area contributed by atoms with Crippen molar-refractivity contribution in [2.24, 2.45) is 0 Å². The summed E-state index contributed by atoms with van der Waals surface area (Å²) in [7, 11) is 1.65. The smallest absolute Gasteiger partial charge is 0.260 e. The van der Waals surface area contributed by atoms with E-state index in [2.05, 4.69) is 4.90 Å². The number of hydrogen-bond acceptors (Lipinski definition) is 5. The molecule has 2 heterocycles. The summed E-state index contributed by atoms with van der Waals surface area (Å²) >= 11 is 0. The van der Waals surface area contributed by atoms with Gasteiger partial charge in [-0.05, 0) is 31.4 Å². The standard InChI is InChI=1S/C21H31N3O4/c1-17-6-3-4-7-19(17)28-16-20(25)23-10-5-9-22(12-13-23)18-8-11-24(21(18)26)14-15-27-2/h3-4,6-7,18H,5,8-16H2,1-2H3/t18-/m0/s1. The molecule has 0 radical (unpaired) electrons. The first-order valence-electron chi connectivity index (χ1n) is 10.1. The highest BCUT2D eigenvalue weighted by atomic mass is 16.5. The molecule has 1 aromatic rings. The Bertz CT molecular complexity index is 681. The third-order valence-electron chi connectivity index (χ3n) is 5.60. The van der Waals surface area contributed by atoms with Gasteiger partial charge in [0.15, 0.2) is 6.61 Å². The molecule has 0 bridgehead atoms. The minimum absolute atomic E-state index is 0.00423. The fraction of sp³-hybridized carbons (Fsp3) is 0.619. The van der Waals surface area contributed by atoms with Crippen LogP contribution < -0.4 is 4.74 Å². The largest absolute Gasteiger partial charge is 0.484 e. The van der Waals surface area contributed by atoms with Gasteiger partial charge in [-0.1, -0.05) is 18.2 Å². The minimum atomic E-state index is -0.0601. The molecular formula is C21H31N3O4. The maximum atomic E-state index is 12.7. The quantitative estimate of drug-likeness (QED) is 0.700. The van der Waals surface area contributed by atoms with Crippen molar-refractivity contribution >= 4 is 11.8 Å². The SMILES string of the molecule is COCCN1CC[C@H](N2CCCN(C(=O)COc3ccccc3C)CC2)C1=O. The first kappa shape index (κ1) is 20.6. The van der Waals surface area contributed by atoms with Crippen molar-refractivity contribution in [1.29, 1.82) is 0 Å². The number of para-hydroxylation sites is 1. The van der Waals surface area contributed by atoms with Crippen molar-refractivity contribution in [3.63, 3.8) is 0 Å². The maximum absolute atomic E-state index is 12.7. The van der Waals surface area contributed by atoms with Crippen molar-refractivity contribution in [3.8, 4) is 5.75 Å². The van der Waals surface area contributed by atoms with Crippen molar-refractivity contribution in [2.45, 2.75) is 25.8 Å². The highest BCUT2D eigenvalue weighted by Gasteiger charge is 2.36. The zero-order valence-electron chi connectivity index (χ0n) is 16.9. The first-order chi connectivity index (χ1) is 13.6. The molecule has 0 aromatic heterocycles. The van der Waals surface area contributed by atoms with Gasteiger partial charge in [0.1, 0.15) is 5.75 Å². The molecule has 2 saturated heterocycles. The van der Waals surface area contributed by atoms with Crippen LogP contribution in [0, 0.1) is 6.92 Å². The third-order valence-corrected chi connectivity index (χ3v) is 5.60. The molecule has 1 atom stereocenters. The van der Waals surface area contributed by atoms with Gasteiger partial charge in [0, 0.05) is 46.4 Å². The van der Waals surface area contributed by atoms with Gasteiger partial charge in [0.2, 0.25) is 5.91 Å². The lowest BCUT2D eigenvalue weighted by atomic mass is 10.2. The van der Waals surface area contributed by atoms with Crippen molar-refractivity contribution in [1.82, 2.24) is 14.7 Å². The number of benzene rings is 1. The number of likely N-dealkylation sites (tertiary alicyclic amines) is 1. The van der Waals surface area contributed by atoms with E-state index in [1.807, 2.05) is 41.0 Å². The second-order valence-corrected chi connectivity index (χ2v) is 7.45. The van der Waals surface area contributed by atoms with E-state index < -0.39 is 0 Å². The van der Waals surface area contributed by atoms with Crippen LogP contribution in [0.5, 0.6) is 5.75 Å². The molecular weight excluding hydrogens is 358 g/mol. The number of methoxy groups -OCH3 is 1. The molecule has 1 aromatic carbocycles. The molecule has 2 amide bonds. The van der Waals surface area contributed by atoms with Gasteiger partial charge in [-0.2, -0.15) is 0 Å². The fourth-order valence-electron chi connectivity index (χ4n) is 3.93. The number of carbonyl (C=O) groups is 2. The van der Waals surface area contributed by atoms with Crippen LogP contribution in [-0.4, -0.2) is 92.1 Å². The summed E-state index contributed by atoms with van der Waals surface area (Å²) in [4.78, 5) is 31.2. The molecule has 3 rings (SSSR count). The Morgan fingerprint density at radius 3 is 2.75 bits per heavy atom. The molecule has 7 heteroatoms. The average Bonchev–Trinajstić information content (AvgIpc) is 2.91. The average molecular weight is 389 g/mol. The molecule has 2 aliphatic heterocycles. The number of carbonyl (C=O) groups excluding carboxylic acids is 2. The van der Waals surface area contributed by atoms with Gasteiger partial charge in [0.05, 0.1) is 12.6 Å². The van der Waals surface area contributed by atoms with Crippen molar-refractivity contribution < 1.29 is 19.1 Å². The van der Waals surface area contributed by atoms with E-state index in [4.69, 9.17) is 9.47 Å². The molecule has 0 spiro atoms. The van der Waals surface area contributed by atoms with Crippen molar-refractivity contribution in [3.05, 3.63) is 29.8 Å². The lowest BCUT2D eigenvalue weighted by Gasteiger charge is -2.26. The number of rotatable bonds is 7. The van der Waals surface area contributed by atoms with Crippen LogP contribution in [0.4, 0.5) is 0 Å². The van der Waals surface area contributed by atoms with E-state index in [-0.39, 0.29) is 24.5 Å². The fourth-order valence-corrected chi connectivity index (χ4v) is 3.93. The highest BCUT2D eigenvalue weighted by Crippen LogP contribution is 2.20. The lowest BCUT2D eigenvalue weighted by Crippen LogP contribution is -2.44. The summed E-state index contributed by atoms with van der Waals surface area (Å²) in [6.45, 7) is 6.95. The highest BCUT2D eigenvalue weighted by molar-refractivity contribution is 5.84. The van der Waals surface area contributed by atoms with Crippen molar-refractivity contribution in [2.75, 3.05) is 59.6 Å². The summed E-state index contributed by atoms with van der Waals surface area (Å²) < 4.78 is 10.8. The number of amides is 2. The van der Waals surface area contributed by atoms with Gasteiger partial charge < -0.3 is 19.3 Å². The van der Waals surface area contributed by atoms with E-state index in [1.54, 1.807) is 7.11 Å². The maximum Gasteiger partial charge on any atom is 0.260 e. The topological polar surface area (TPSA) is 62.3 Å². The van der Waals surface area contributed by atoms with E-state index >= 15 is 0 Å². The van der Waals surface area contributed by atoms with Crippen LogP contribution in [0.15, 0.2) is 24.3 Å². The van der Waals surface area contributed by atoms with E-state index in [0.717, 1.165) is 43.8 Å². The predicted octanol–water partition coefficient (Wildman–Crippen LogP) is 1.16. The minimum Gasteiger partial charge on any atom is -0.484 e. The Morgan fingerprint density at radius 1 is 1.14 bits per heavy atom. The molecule has 2 fully saturated rings. The summed E-state index contributed by atoms with van der Waals surface area (Å²) in [5, 5.41) is 0. The number of aryl methyl sites for hydroxylation is 1. The van der Waals surface area contributed by atoms with E-state index in [9.17, 15) is 9.59 Å². The van der Waals surface area contributed by atoms with Gasteiger partial charge >= 0.3 is 0 Å². The molecule has 154 valence electrons. The molecule has 0 aliphatic carbocycles. The Kier molecular flexibility index (Phi) is 7.28. The zero-order chi connectivity index (χ0) is 19.9. The Labute approximate surface area is 167 Å². The van der Waals surface area contributed by atoms with Gasteiger partial charge in [-0.25, -0.2) is 0 Å². The number of hydrogen-bond donors (Lipinski definition) is 0. The normalized spacial score (nSPS) is 21.1. The summed E-state index contributed by atoms with van der Waals surface area (Å²) in [5.41, 5.74) is 1.02. The molecule has 0 N–H and O–H groups in total. The lowest BCUT2D eigenvalue weighted by molar-refractivity contribution is -0.133. The number of nitrogens with zero attached hydrogens (tertiary/aromatic N) is 3. The second kappa shape index (κ2) is 9.89. The molecule has 0 unspecified atom stereocenters. The Balaban J connectivity index is 1.49. The summed E-state index contributed by atoms with van der Waals surface area (Å²) in [5.74, 6) is 0.948. The molecule has 28 heavy (non-hydrogen) atoms. The van der Waals surface area contributed by atoms with Gasteiger partial charge in [-0.3, -0.25) is 14.5 Å². The van der Waals surface area contributed by atoms with Crippen LogP contribution in [0.3, 0.4) is 0 Å². The Morgan fingerprint density at radius 2 is 1.96 bits per heavy atom. The Hall–Kier alpha value is -2.12. The van der Waals surface area contributed by atoms with Gasteiger partial charge in [0.25, 0.3) is 5.91 Å². The number of ether oxygens (including phenoxy) is 2. The predicted molar refractivity (Wildman–Crippen MR) is 106 cm³/mol. The third kappa shape index (κ3) is 5.02. The van der Waals surface area contributed by atoms with Crippen LogP contribution >= 0.6 is 0 Å². The van der Waals surface area contributed by atoms with Crippen LogP contribution in [0.25, 0.3) is 0 Å². The van der Waals surface area contributed by atoms with Gasteiger partial charge in [-0.15, -0.1) is 0 Å². The van der Waals surface area contributed by atoms with Crippen LogP contribution in [0.1, 0.15) is 18.4 Å². The molecule has 2 aliphatic rings. The van der Waals surface area contributed by atoms with Crippen LogP contribution in [-0.2, 0) is 14.3 Å². The second-order valence-electron chi connectivity index (χ2n) is 7.45. The van der Waals surface area contributed by atoms with Crippen LogP contribution in [0.2, 0.25) is 0 Å². The summed E-state index contributed by atoms with van der Waals surface area (Å²) in [6, 6.07) is 7.65. The monoisotopic (exact) mass is 389 g/mol. The van der Waals surface area contributed by atoms with E-state index in [1.165, 1.54) is 0 Å². The summed E-state index contributed by atoms with van der Waals surface area (Å²) in [6.07, 6.45) is 1.73.